The number of esters is 1. The maximum absolute atomic E-state index is 12.3. The average Bonchev–Trinajstić information content (AvgIpc) is 2.76. The van der Waals surface area contributed by atoms with E-state index < -0.39 is 23.9 Å². The van der Waals surface area contributed by atoms with E-state index in [0.29, 0.717) is 12.0 Å². The Hall–Kier alpha value is -2.47. The summed E-state index contributed by atoms with van der Waals surface area (Å²) in [7, 11) is 0. The predicted molar refractivity (Wildman–Crippen MR) is 83.2 cm³/mol. The van der Waals surface area contributed by atoms with Gasteiger partial charge in [-0.25, -0.2) is 4.79 Å². The highest BCUT2D eigenvalue weighted by Gasteiger charge is 2.35. The molecule has 1 aromatic carbocycles. The van der Waals surface area contributed by atoms with E-state index in [1.165, 1.54) is 18.2 Å². The first-order valence-electron chi connectivity index (χ1n) is 7.35. The monoisotopic (exact) mass is 317 g/mol. The van der Waals surface area contributed by atoms with Crippen LogP contribution < -0.4 is 0 Å². The van der Waals surface area contributed by atoms with Gasteiger partial charge in [0.05, 0.1) is 22.8 Å². The van der Waals surface area contributed by atoms with Crippen LogP contribution in [0.1, 0.15) is 51.3 Å². The van der Waals surface area contributed by atoms with Gasteiger partial charge in [0.15, 0.2) is 0 Å². The summed E-state index contributed by atoms with van der Waals surface area (Å²) in [4.78, 5) is 37.5. The molecule has 6 heteroatoms. The van der Waals surface area contributed by atoms with Crippen molar-refractivity contribution in [2.75, 3.05) is 13.2 Å². The number of hydrogen-bond donors (Lipinski definition) is 1. The molecule has 0 aromatic heterocycles. The van der Waals surface area contributed by atoms with Gasteiger partial charge < -0.3 is 9.84 Å². The van der Waals surface area contributed by atoms with Gasteiger partial charge in [-0.2, -0.15) is 0 Å². The number of benzene rings is 1. The SMILES string of the molecule is C=C(C)CN1C(=O)c2ccc(C(=O)OCC(O)CC)cc2C1=O. The normalized spacial score (nSPS) is 14.7. The molecular formula is C17H19NO5. The van der Waals surface area contributed by atoms with Gasteiger partial charge >= 0.3 is 5.97 Å². The summed E-state index contributed by atoms with van der Waals surface area (Å²) >= 11 is 0. The molecule has 0 fully saturated rings. The van der Waals surface area contributed by atoms with Crippen molar-refractivity contribution in [1.29, 1.82) is 0 Å². The average molecular weight is 317 g/mol. The number of amides is 2. The Bertz CT molecular complexity index is 680. The molecule has 1 heterocycles. The summed E-state index contributed by atoms with van der Waals surface area (Å²) < 4.78 is 4.98. The number of aliphatic hydroxyl groups is 1. The number of carbonyl (C=O) groups is 3. The Morgan fingerprint density at radius 2 is 1.96 bits per heavy atom. The standard InChI is InChI=1S/C17H19NO5/c1-4-12(19)9-23-17(22)11-5-6-13-14(7-11)16(21)18(15(13)20)8-10(2)3/h5-7,12,19H,2,4,8-9H2,1,3H3. The van der Waals surface area contributed by atoms with Gasteiger partial charge in [-0.15, -0.1) is 0 Å². The highest BCUT2D eigenvalue weighted by atomic mass is 16.5. The van der Waals surface area contributed by atoms with Crippen molar-refractivity contribution < 1.29 is 24.2 Å². The summed E-state index contributed by atoms with van der Waals surface area (Å²) in [6.07, 6.45) is -0.247. The maximum atomic E-state index is 12.3. The van der Waals surface area contributed by atoms with Crippen LogP contribution >= 0.6 is 0 Å². The Balaban J connectivity index is 2.20. The van der Waals surface area contributed by atoms with E-state index in [1.54, 1.807) is 13.8 Å². The van der Waals surface area contributed by atoms with Crippen molar-refractivity contribution in [2.45, 2.75) is 26.4 Å². The summed E-state index contributed by atoms with van der Waals surface area (Å²) in [5, 5.41) is 9.41. The van der Waals surface area contributed by atoms with Crippen LogP contribution in [0.2, 0.25) is 0 Å². The quantitative estimate of drug-likeness (QED) is 0.491. The topological polar surface area (TPSA) is 83.9 Å². The van der Waals surface area contributed by atoms with Crippen LogP contribution in [0, 0.1) is 0 Å². The van der Waals surface area contributed by atoms with Gasteiger partial charge in [0, 0.05) is 6.54 Å². The molecule has 1 aliphatic rings. The molecule has 122 valence electrons. The third kappa shape index (κ3) is 3.48. The zero-order valence-electron chi connectivity index (χ0n) is 13.2. The fraction of sp³-hybridized carbons (Fsp3) is 0.353. The van der Waals surface area contributed by atoms with E-state index in [2.05, 4.69) is 6.58 Å². The van der Waals surface area contributed by atoms with Crippen LogP contribution in [-0.4, -0.2) is 47.0 Å². The molecule has 23 heavy (non-hydrogen) atoms. The Morgan fingerprint density at radius 1 is 1.30 bits per heavy atom. The van der Waals surface area contributed by atoms with Crippen LogP contribution in [-0.2, 0) is 4.74 Å². The Morgan fingerprint density at radius 3 is 2.57 bits per heavy atom. The predicted octanol–water partition coefficient (Wildman–Crippen LogP) is 1.79. The molecule has 1 aliphatic heterocycles. The largest absolute Gasteiger partial charge is 0.459 e. The van der Waals surface area contributed by atoms with E-state index >= 15 is 0 Å². The van der Waals surface area contributed by atoms with Gasteiger partial charge in [0.1, 0.15) is 6.61 Å². The van der Waals surface area contributed by atoms with Crippen molar-refractivity contribution in [2.24, 2.45) is 0 Å². The number of carbonyl (C=O) groups excluding carboxylic acids is 3. The molecule has 1 N–H and O–H groups in total. The van der Waals surface area contributed by atoms with E-state index in [0.717, 1.165) is 4.90 Å². The molecule has 0 bridgehead atoms. The third-order valence-corrected chi connectivity index (χ3v) is 3.51. The summed E-state index contributed by atoms with van der Waals surface area (Å²) in [5.74, 6) is -1.48. The first kappa shape index (κ1) is 16.9. The first-order chi connectivity index (χ1) is 10.8. The molecule has 2 amide bonds. The molecule has 6 nitrogen and oxygen atoms in total. The fourth-order valence-electron chi connectivity index (χ4n) is 2.20. The van der Waals surface area contributed by atoms with E-state index in [9.17, 15) is 19.5 Å². The van der Waals surface area contributed by atoms with Gasteiger partial charge in [-0.1, -0.05) is 19.1 Å². The molecule has 0 saturated carbocycles. The highest BCUT2D eigenvalue weighted by Crippen LogP contribution is 2.25. The Kier molecular flexibility index (Phi) is 4.95. The van der Waals surface area contributed by atoms with Gasteiger partial charge in [0.25, 0.3) is 11.8 Å². The lowest BCUT2D eigenvalue weighted by atomic mass is 10.1. The maximum Gasteiger partial charge on any atom is 0.338 e. The second kappa shape index (κ2) is 6.75. The lowest BCUT2D eigenvalue weighted by Crippen LogP contribution is -2.31. The molecule has 0 spiro atoms. The van der Waals surface area contributed by atoms with E-state index in [-0.39, 0.29) is 29.8 Å². The molecule has 1 aromatic rings. The molecule has 2 rings (SSSR count). The number of aliphatic hydroxyl groups excluding tert-OH is 1. The second-order valence-electron chi connectivity index (χ2n) is 5.57. The molecule has 0 aliphatic carbocycles. The smallest absolute Gasteiger partial charge is 0.338 e. The third-order valence-electron chi connectivity index (χ3n) is 3.51. The summed E-state index contributed by atoms with van der Waals surface area (Å²) in [6.45, 7) is 7.24. The van der Waals surface area contributed by atoms with Crippen LogP contribution in [0.4, 0.5) is 0 Å². The fourth-order valence-corrected chi connectivity index (χ4v) is 2.20. The lowest BCUT2D eigenvalue weighted by Gasteiger charge is -2.12. The van der Waals surface area contributed by atoms with Crippen LogP contribution in [0.15, 0.2) is 30.4 Å². The number of rotatable bonds is 6. The van der Waals surface area contributed by atoms with Crippen LogP contribution in [0.5, 0.6) is 0 Å². The van der Waals surface area contributed by atoms with E-state index in [4.69, 9.17) is 4.74 Å². The summed E-state index contributed by atoms with van der Waals surface area (Å²) in [6, 6.07) is 4.24. The van der Waals surface area contributed by atoms with Crippen molar-refractivity contribution in [3.05, 3.63) is 47.0 Å². The van der Waals surface area contributed by atoms with Crippen molar-refractivity contribution >= 4 is 17.8 Å². The molecule has 0 radical (unpaired) electrons. The van der Waals surface area contributed by atoms with Crippen molar-refractivity contribution in [3.8, 4) is 0 Å². The molecule has 1 unspecified atom stereocenters. The zero-order valence-corrected chi connectivity index (χ0v) is 13.2. The minimum absolute atomic E-state index is 0.110. The van der Waals surface area contributed by atoms with Crippen molar-refractivity contribution in [1.82, 2.24) is 4.90 Å². The van der Waals surface area contributed by atoms with Gasteiger partial charge in [-0.3, -0.25) is 14.5 Å². The number of fused-ring (bicyclic) bond motifs is 1. The van der Waals surface area contributed by atoms with E-state index in [1.807, 2.05) is 0 Å². The number of imide groups is 1. The molecule has 0 saturated heterocycles. The zero-order chi connectivity index (χ0) is 17.1. The summed E-state index contributed by atoms with van der Waals surface area (Å²) in [5.41, 5.74) is 1.31. The number of hydrogen-bond acceptors (Lipinski definition) is 5. The van der Waals surface area contributed by atoms with Gasteiger partial charge in [-0.05, 0) is 31.5 Å². The second-order valence-corrected chi connectivity index (χ2v) is 5.57. The van der Waals surface area contributed by atoms with Gasteiger partial charge in [0.2, 0.25) is 0 Å². The van der Waals surface area contributed by atoms with Crippen LogP contribution in [0.3, 0.4) is 0 Å². The lowest BCUT2D eigenvalue weighted by molar-refractivity contribution is 0.0250. The highest BCUT2D eigenvalue weighted by molar-refractivity contribution is 6.22. The molecular weight excluding hydrogens is 298 g/mol. The minimum Gasteiger partial charge on any atom is -0.459 e. The number of ether oxygens (including phenoxy) is 1. The minimum atomic E-state index is -0.720. The van der Waals surface area contributed by atoms with Crippen molar-refractivity contribution in [3.63, 3.8) is 0 Å². The molecule has 1 atom stereocenters. The van der Waals surface area contributed by atoms with Crippen LogP contribution in [0.25, 0.3) is 0 Å². The number of nitrogens with zero attached hydrogens (tertiary/aromatic N) is 1. The first-order valence-corrected chi connectivity index (χ1v) is 7.35. The Labute approximate surface area is 134 Å².